The van der Waals surface area contributed by atoms with Crippen molar-refractivity contribution in [3.8, 4) is 11.5 Å². The van der Waals surface area contributed by atoms with E-state index in [4.69, 9.17) is 4.74 Å². The number of esters is 1. The number of nitrogens with zero attached hydrogens (tertiary/aromatic N) is 1. The number of anilines is 1. The summed E-state index contributed by atoms with van der Waals surface area (Å²) in [7, 11) is 1.57. The molecule has 0 atom stereocenters. The van der Waals surface area contributed by atoms with Crippen LogP contribution in [0.15, 0.2) is 60.7 Å². The van der Waals surface area contributed by atoms with Gasteiger partial charge in [-0.3, -0.25) is 4.79 Å². The second-order valence-corrected chi connectivity index (χ2v) is 5.70. The molecule has 0 aliphatic carbocycles. The predicted molar refractivity (Wildman–Crippen MR) is 97.4 cm³/mol. The first-order valence-electron chi connectivity index (χ1n) is 7.91. The van der Waals surface area contributed by atoms with E-state index in [1.165, 1.54) is 4.90 Å². The molecule has 0 aliphatic rings. The third kappa shape index (κ3) is 3.30. The molecule has 0 aromatic heterocycles. The highest BCUT2D eigenvalue weighted by Gasteiger charge is 2.20. The summed E-state index contributed by atoms with van der Waals surface area (Å²) in [6, 6.07) is 16.6. The standard InChI is InChI=1S/C20H17NO5/c1-21(13-7-3-2-4-8-13)18(23)12-26-20(25)16-11-17(22)14-9-5-6-10-15(14)19(16)24/h2-11,22,24H,12H2,1H3. The fourth-order valence-electron chi connectivity index (χ4n) is 2.59. The van der Waals surface area contributed by atoms with Crippen molar-refractivity contribution >= 4 is 28.3 Å². The van der Waals surface area contributed by atoms with E-state index in [0.29, 0.717) is 16.5 Å². The molecule has 0 aliphatic heterocycles. The number of likely N-dealkylation sites (N-methyl/N-ethyl adjacent to an activating group) is 1. The van der Waals surface area contributed by atoms with E-state index < -0.39 is 18.5 Å². The summed E-state index contributed by atoms with van der Waals surface area (Å²) in [5.74, 6) is -1.77. The number of carbonyl (C=O) groups is 2. The number of benzene rings is 3. The summed E-state index contributed by atoms with van der Waals surface area (Å²) in [5.41, 5.74) is 0.469. The largest absolute Gasteiger partial charge is 0.507 e. The number of aromatic hydroxyl groups is 2. The Morgan fingerprint density at radius 3 is 2.27 bits per heavy atom. The van der Waals surface area contributed by atoms with Crippen LogP contribution in [-0.4, -0.2) is 35.7 Å². The molecule has 2 N–H and O–H groups in total. The third-order valence-corrected chi connectivity index (χ3v) is 4.06. The van der Waals surface area contributed by atoms with Gasteiger partial charge in [0.15, 0.2) is 6.61 Å². The molecule has 0 fully saturated rings. The number of hydrogen-bond acceptors (Lipinski definition) is 5. The third-order valence-electron chi connectivity index (χ3n) is 4.06. The summed E-state index contributed by atoms with van der Waals surface area (Å²) in [5, 5.41) is 21.1. The molecule has 3 aromatic carbocycles. The van der Waals surface area contributed by atoms with Gasteiger partial charge in [-0.05, 0) is 18.2 Å². The van der Waals surface area contributed by atoms with Gasteiger partial charge in [-0.25, -0.2) is 4.79 Å². The number of ether oxygens (including phenoxy) is 1. The van der Waals surface area contributed by atoms with Crippen molar-refractivity contribution in [1.29, 1.82) is 0 Å². The fourth-order valence-corrected chi connectivity index (χ4v) is 2.59. The van der Waals surface area contributed by atoms with Crippen LogP contribution in [0.5, 0.6) is 11.5 Å². The van der Waals surface area contributed by atoms with Crippen molar-refractivity contribution in [2.24, 2.45) is 0 Å². The Morgan fingerprint density at radius 1 is 0.962 bits per heavy atom. The molecule has 0 saturated carbocycles. The van der Waals surface area contributed by atoms with E-state index >= 15 is 0 Å². The Labute approximate surface area is 149 Å². The Hall–Kier alpha value is -3.54. The van der Waals surface area contributed by atoms with Crippen LogP contribution in [0.2, 0.25) is 0 Å². The zero-order valence-electron chi connectivity index (χ0n) is 14.0. The zero-order chi connectivity index (χ0) is 18.7. The average Bonchev–Trinajstić information content (AvgIpc) is 2.68. The lowest BCUT2D eigenvalue weighted by molar-refractivity contribution is -0.121. The number of para-hydroxylation sites is 1. The number of carbonyl (C=O) groups excluding carboxylic acids is 2. The molecule has 0 saturated heterocycles. The van der Waals surface area contributed by atoms with Gasteiger partial charge in [-0.15, -0.1) is 0 Å². The first-order chi connectivity index (χ1) is 12.5. The number of hydrogen-bond donors (Lipinski definition) is 2. The molecule has 6 nitrogen and oxygen atoms in total. The molecular formula is C20H17NO5. The van der Waals surface area contributed by atoms with Crippen LogP contribution < -0.4 is 4.90 Å². The Morgan fingerprint density at radius 2 is 1.58 bits per heavy atom. The van der Waals surface area contributed by atoms with Gasteiger partial charge in [0.25, 0.3) is 5.91 Å². The first-order valence-corrected chi connectivity index (χ1v) is 7.91. The quantitative estimate of drug-likeness (QED) is 0.557. The van der Waals surface area contributed by atoms with Crippen molar-refractivity contribution in [1.82, 2.24) is 0 Å². The molecule has 0 unspecified atom stereocenters. The van der Waals surface area contributed by atoms with Crippen LogP contribution in [0.3, 0.4) is 0 Å². The van der Waals surface area contributed by atoms with Gasteiger partial charge in [0.05, 0.1) is 0 Å². The van der Waals surface area contributed by atoms with Crippen LogP contribution in [0.4, 0.5) is 5.69 Å². The summed E-state index contributed by atoms with van der Waals surface area (Å²) in [6.45, 7) is -0.489. The maximum Gasteiger partial charge on any atom is 0.342 e. The fraction of sp³-hybridized carbons (Fsp3) is 0.100. The normalized spacial score (nSPS) is 10.5. The smallest absolute Gasteiger partial charge is 0.342 e. The lowest BCUT2D eigenvalue weighted by Gasteiger charge is -2.17. The highest BCUT2D eigenvalue weighted by molar-refractivity contribution is 6.04. The lowest BCUT2D eigenvalue weighted by Crippen LogP contribution is -2.31. The number of amides is 1. The molecule has 0 bridgehead atoms. The number of fused-ring (bicyclic) bond motifs is 1. The summed E-state index contributed by atoms with van der Waals surface area (Å²) in [4.78, 5) is 25.8. The van der Waals surface area contributed by atoms with Gasteiger partial charge in [-0.1, -0.05) is 42.5 Å². The SMILES string of the molecule is CN(C(=O)COC(=O)c1cc(O)c2ccccc2c1O)c1ccccc1. The van der Waals surface area contributed by atoms with Crippen molar-refractivity contribution in [2.45, 2.75) is 0 Å². The van der Waals surface area contributed by atoms with Crippen LogP contribution in [0.1, 0.15) is 10.4 Å². The van der Waals surface area contributed by atoms with Gasteiger partial charge in [0.1, 0.15) is 17.1 Å². The van der Waals surface area contributed by atoms with E-state index in [1.54, 1.807) is 55.6 Å². The topological polar surface area (TPSA) is 87.1 Å². The first kappa shape index (κ1) is 17.3. The Balaban J connectivity index is 1.75. The van der Waals surface area contributed by atoms with E-state index in [0.717, 1.165) is 6.07 Å². The van der Waals surface area contributed by atoms with Crippen LogP contribution >= 0.6 is 0 Å². The lowest BCUT2D eigenvalue weighted by atomic mass is 10.0. The van der Waals surface area contributed by atoms with E-state index in [2.05, 4.69) is 0 Å². The monoisotopic (exact) mass is 351 g/mol. The minimum atomic E-state index is -0.890. The van der Waals surface area contributed by atoms with E-state index in [9.17, 15) is 19.8 Å². The van der Waals surface area contributed by atoms with Gasteiger partial charge in [-0.2, -0.15) is 0 Å². The Bertz CT molecular complexity index is 969. The predicted octanol–water partition coefficient (Wildman–Crippen LogP) is 3.07. The number of rotatable bonds is 4. The number of phenolic OH excluding ortho intramolecular Hbond substituents is 2. The van der Waals surface area contributed by atoms with E-state index in [-0.39, 0.29) is 17.1 Å². The minimum absolute atomic E-state index is 0.155. The summed E-state index contributed by atoms with van der Waals surface area (Å²) in [6.07, 6.45) is 0. The molecular weight excluding hydrogens is 334 g/mol. The molecule has 0 spiro atoms. The second kappa shape index (κ2) is 7.14. The highest BCUT2D eigenvalue weighted by atomic mass is 16.5. The van der Waals surface area contributed by atoms with Crippen LogP contribution in [0, 0.1) is 0 Å². The van der Waals surface area contributed by atoms with Crippen molar-refractivity contribution < 1.29 is 24.5 Å². The van der Waals surface area contributed by atoms with Crippen LogP contribution in [0.25, 0.3) is 10.8 Å². The summed E-state index contributed by atoms with van der Waals surface area (Å²) < 4.78 is 5.02. The molecule has 1 amide bonds. The van der Waals surface area contributed by atoms with Crippen molar-refractivity contribution in [2.75, 3.05) is 18.6 Å². The maximum atomic E-state index is 12.3. The van der Waals surface area contributed by atoms with Gasteiger partial charge in [0, 0.05) is 23.5 Å². The molecule has 26 heavy (non-hydrogen) atoms. The molecule has 132 valence electrons. The van der Waals surface area contributed by atoms with Crippen LogP contribution in [-0.2, 0) is 9.53 Å². The molecule has 0 radical (unpaired) electrons. The molecule has 6 heteroatoms. The second-order valence-electron chi connectivity index (χ2n) is 5.70. The highest BCUT2D eigenvalue weighted by Crippen LogP contribution is 2.35. The number of phenols is 2. The van der Waals surface area contributed by atoms with Gasteiger partial charge < -0.3 is 19.8 Å². The van der Waals surface area contributed by atoms with E-state index in [1.807, 2.05) is 6.07 Å². The van der Waals surface area contributed by atoms with Gasteiger partial charge >= 0.3 is 5.97 Å². The minimum Gasteiger partial charge on any atom is -0.507 e. The summed E-state index contributed by atoms with van der Waals surface area (Å²) >= 11 is 0. The molecule has 3 rings (SSSR count). The van der Waals surface area contributed by atoms with Gasteiger partial charge in [0.2, 0.25) is 0 Å². The maximum absolute atomic E-state index is 12.3. The van der Waals surface area contributed by atoms with Crippen molar-refractivity contribution in [3.63, 3.8) is 0 Å². The molecule has 0 heterocycles. The zero-order valence-corrected chi connectivity index (χ0v) is 14.0. The Kier molecular flexibility index (Phi) is 4.75. The average molecular weight is 351 g/mol. The van der Waals surface area contributed by atoms with Crippen molar-refractivity contribution in [3.05, 3.63) is 66.2 Å². The molecule has 3 aromatic rings.